The second-order valence-corrected chi connectivity index (χ2v) is 4.57. The molecule has 1 aromatic carbocycles. The molecule has 2 rings (SSSR count). The van der Waals surface area contributed by atoms with Crippen LogP contribution in [0.3, 0.4) is 0 Å². The molecule has 1 atom stereocenters. The van der Waals surface area contributed by atoms with Gasteiger partial charge in [0.1, 0.15) is 5.69 Å². The van der Waals surface area contributed by atoms with Gasteiger partial charge in [-0.05, 0) is 12.5 Å². The van der Waals surface area contributed by atoms with E-state index in [1.54, 1.807) is 0 Å². The van der Waals surface area contributed by atoms with E-state index in [1.165, 1.54) is 12.1 Å². The molecule has 0 spiro atoms. The molecule has 108 valence electrons. The van der Waals surface area contributed by atoms with Crippen LogP contribution >= 0.6 is 0 Å². The molecule has 1 aliphatic rings. The minimum Gasteiger partial charge on any atom is -0.454 e. The smallest absolute Gasteiger partial charge is 0.296 e. The van der Waals surface area contributed by atoms with Gasteiger partial charge in [0.2, 0.25) is 12.7 Å². The lowest BCUT2D eigenvalue weighted by Gasteiger charge is -2.10. The molecule has 1 aliphatic heterocycles. The topological polar surface area (TPSA) is 117 Å². The molecule has 0 saturated heterocycles. The van der Waals surface area contributed by atoms with Gasteiger partial charge in [-0.3, -0.25) is 14.9 Å². The Kier molecular flexibility index (Phi) is 4.04. The zero-order chi connectivity index (χ0) is 14.7. The molecule has 8 nitrogen and oxygen atoms in total. The molecule has 20 heavy (non-hydrogen) atoms. The number of amides is 1. The van der Waals surface area contributed by atoms with Crippen molar-refractivity contribution in [3.63, 3.8) is 0 Å². The van der Waals surface area contributed by atoms with Crippen molar-refractivity contribution in [2.24, 2.45) is 11.7 Å². The molecular formula is C12H15N3O5. The number of nitrogens with one attached hydrogen (secondary N) is 1. The Morgan fingerprint density at radius 1 is 1.50 bits per heavy atom. The van der Waals surface area contributed by atoms with Crippen molar-refractivity contribution in [2.75, 3.05) is 18.7 Å². The van der Waals surface area contributed by atoms with Crippen molar-refractivity contribution >= 4 is 17.3 Å². The van der Waals surface area contributed by atoms with E-state index in [4.69, 9.17) is 15.2 Å². The van der Waals surface area contributed by atoms with Crippen LogP contribution in [0.4, 0.5) is 11.4 Å². The average molecular weight is 281 g/mol. The van der Waals surface area contributed by atoms with Crippen LogP contribution < -0.4 is 20.5 Å². The number of hydrogen-bond acceptors (Lipinski definition) is 6. The van der Waals surface area contributed by atoms with Gasteiger partial charge in [-0.1, -0.05) is 6.92 Å². The minimum atomic E-state index is -0.579. The van der Waals surface area contributed by atoms with Gasteiger partial charge in [0.05, 0.1) is 11.0 Å². The Morgan fingerprint density at radius 3 is 2.75 bits per heavy atom. The fourth-order valence-corrected chi connectivity index (χ4v) is 1.78. The van der Waals surface area contributed by atoms with E-state index < -0.39 is 4.92 Å². The molecule has 1 amide bonds. The molecule has 0 radical (unpaired) electrons. The molecule has 1 aromatic rings. The predicted octanol–water partition coefficient (Wildman–Crippen LogP) is 1.25. The molecule has 0 bridgehead atoms. The monoisotopic (exact) mass is 281 g/mol. The van der Waals surface area contributed by atoms with E-state index in [2.05, 4.69) is 5.32 Å². The molecule has 0 aliphatic carbocycles. The quantitative estimate of drug-likeness (QED) is 0.619. The summed E-state index contributed by atoms with van der Waals surface area (Å²) in [6.45, 7) is 2.21. The first-order chi connectivity index (χ1) is 9.51. The van der Waals surface area contributed by atoms with Crippen LogP contribution in [-0.4, -0.2) is 24.2 Å². The third-order valence-corrected chi connectivity index (χ3v) is 2.90. The molecule has 3 N–H and O–H groups in total. The number of nitrogens with zero attached hydrogens (tertiary/aromatic N) is 1. The Balaban J connectivity index is 2.22. The van der Waals surface area contributed by atoms with Crippen LogP contribution in [0.25, 0.3) is 0 Å². The number of rotatable bonds is 5. The van der Waals surface area contributed by atoms with Crippen molar-refractivity contribution in [2.45, 2.75) is 13.3 Å². The average Bonchev–Trinajstić information content (AvgIpc) is 2.84. The van der Waals surface area contributed by atoms with Gasteiger partial charge in [-0.15, -0.1) is 0 Å². The third kappa shape index (κ3) is 2.97. The lowest BCUT2D eigenvalue weighted by atomic mass is 10.1. The second-order valence-electron chi connectivity index (χ2n) is 4.57. The van der Waals surface area contributed by atoms with Crippen molar-refractivity contribution in [3.05, 3.63) is 22.2 Å². The molecule has 1 heterocycles. The highest BCUT2D eigenvalue weighted by Crippen LogP contribution is 2.40. The number of carbonyl (C=O) groups is 1. The first-order valence-electron chi connectivity index (χ1n) is 6.09. The predicted molar refractivity (Wildman–Crippen MR) is 70.7 cm³/mol. The Morgan fingerprint density at radius 2 is 2.15 bits per heavy atom. The number of nitrogens with two attached hydrogens (primary N) is 1. The summed E-state index contributed by atoms with van der Waals surface area (Å²) in [5.41, 5.74) is 5.30. The Labute approximate surface area is 115 Å². The number of carbonyl (C=O) groups excluding carboxylic acids is 1. The SMILES string of the molecule is CC(CN)CC(=O)Nc1cc2c(cc1[N+](=O)[O-])OCO2. The van der Waals surface area contributed by atoms with Crippen LogP contribution in [0, 0.1) is 16.0 Å². The zero-order valence-electron chi connectivity index (χ0n) is 10.9. The molecule has 0 fully saturated rings. The van der Waals surface area contributed by atoms with Crippen LogP contribution in [0.15, 0.2) is 12.1 Å². The highest BCUT2D eigenvalue weighted by molar-refractivity contribution is 5.94. The minimum absolute atomic E-state index is 0.00284. The number of anilines is 1. The summed E-state index contributed by atoms with van der Waals surface area (Å²) >= 11 is 0. The lowest BCUT2D eigenvalue weighted by Crippen LogP contribution is -2.20. The van der Waals surface area contributed by atoms with Crippen LogP contribution in [0.5, 0.6) is 11.5 Å². The van der Waals surface area contributed by atoms with Gasteiger partial charge in [0, 0.05) is 12.5 Å². The normalized spacial score (nSPS) is 13.9. The molecular weight excluding hydrogens is 266 g/mol. The summed E-state index contributed by atoms with van der Waals surface area (Å²) in [5.74, 6) is 0.343. The fraction of sp³-hybridized carbons (Fsp3) is 0.417. The largest absolute Gasteiger partial charge is 0.454 e. The number of nitro groups is 1. The summed E-state index contributed by atoms with van der Waals surface area (Å²) in [4.78, 5) is 22.2. The van der Waals surface area contributed by atoms with E-state index in [9.17, 15) is 14.9 Å². The summed E-state index contributed by atoms with van der Waals surface area (Å²) in [6, 6.07) is 2.63. The number of fused-ring (bicyclic) bond motifs is 1. The van der Waals surface area contributed by atoms with E-state index in [1.807, 2.05) is 6.92 Å². The van der Waals surface area contributed by atoms with Crippen molar-refractivity contribution in [1.82, 2.24) is 0 Å². The maximum atomic E-state index is 11.8. The maximum Gasteiger partial charge on any atom is 0.296 e. The number of hydrogen-bond donors (Lipinski definition) is 2. The highest BCUT2D eigenvalue weighted by atomic mass is 16.7. The van der Waals surface area contributed by atoms with Crippen molar-refractivity contribution in [1.29, 1.82) is 0 Å². The van der Waals surface area contributed by atoms with Gasteiger partial charge in [-0.25, -0.2) is 0 Å². The summed E-state index contributed by atoms with van der Waals surface area (Å²) in [6.07, 6.45) is 0.197. The number of benzene rings is 1. The zero-order valence-corrected chi connectivity index (χ0v) is 10.9. The summed E-state index contributed by atoms with van der Waals surface area (Å²) < 4.78 is 10.2. The fourth-order valence-electron chi connectivity index (χ4n) is 1.78. The van der Waals surface area contributed by atoms with Gasteiger partial charge < -0.3 is 20.5 Å². The standard InChI is InChI=1S/C12H15N3O5/c1-7(5-13)2-12(16)14-8-3-10-11(20-6-19-10)4-9(8)15(17)18/h3-4,7H,2,5-6,13H2,1H3,(H,14,16). The van der Waals surface area contributed by atoms with E-state index in [-0.39, 0.29) is 36.4 Å². The van der Waals surface area contributed by atoms with Gasteiger partial charge in [-0.2, -0.15) is 0 Å². The lowest BCUT2D eigenvalue weighted by molar-refractivity contribution is -0.384. The number of ether oxygens (including phenoxy) is 2. The van der Waals surface area contributed by atoms with Crippen LogP contribution in [0.2, 0.25) is 0 Å². The van der Waals surface area contributed by atoms with Crippen LogP contribution in [0.1, 0.15) is 13.3 Å². The van der Waals surface area contributed by atoms with Crippen molar-refractivity contribution in [3.8, 4) is 11.5 Å². The molecule has 8 heteroatoms. The maximum absolute atomic E-state index is 11.8. The molecule has 1 unspecified atom stereocenters. The first kappa shape index (κ1) is 14.1. The molecule has 0 aromatic heterocycles. The van der Waals surface area contributed by atoms with E-state index in [0.29, 0.717) is 18.0 Å². The van der Waals surface area contributed by atoms with Gasteiger partial charge in [0.25, 0.3) is 5.69 Å². The van der Waals surface area contributed by atoms with Crippen molar-refractivity contribution < 1.29 is 19.2 Å². The first-order valence-corrected chi connectivity index (χ1v) is 6.09. The highest BCUT2D eigenvalue weighted by Gasteiger charge is 2.24. The second kappa shape index (κ2) is 5.74. The Bertz CT molecular complexity index is 546. The third-order valence-electron chi connectivity index (χ3n) is 2.90. The Hall–Kier alpha value is -2.35. The van der Waals surface area contributed by atoms with E-state index in [0.717, 1.165) is 0 Å². The van der Waals surface area contributed by atoms with E-state index >= 15 is 0 Å². The van der Waals surface area contributed by atoms with Gasteiger partial charge in [0.15, 0.2) is 11.5 Å². The van der Waals surface area contributed by atoms with Crippen LogP contribution in [-0.2, 0) is 4.79 Å². The summed E-state index contributed by atoms with van der Waals surface area (Å²) in [7, 11) is 0. The van der Waals surface area contributed by atoms with Gasteiger partial charge >= 0.3 is 0 Å². The summed E-state index contributed by atoms with van der Waals surface area (Å²) in [5, 5.41) is 13.5. The number of nitro benzene ring substituents is 1. The molecule has 0 saturated carbocycles.